The molecule has 8 aromatic rings. The zero-order valence-corrected chi connectivity index (χ0v) is 30.8. The minimum absolute atomic E-state index is 0.975. The number of aromatic nitrogens is 1. The molecule has 8 rings (SSSR count). The summed E-state index contributed by atoms with van der Waals surface area (Å²) in [6, 6.07) is 53.8. The smallest absolute Gasteiger partial charge is 0.0552 e. The molecule has 2 heterocycles. The van der Waals surface area contributed by atoms with Gasteiger partial charge in [-0.25, -0.2) is 0 Å². The van der Waals surface area contributed by atoms with Crippen LogP contribution in [0.2, 0.25) is 0 Å². The van der Waals surface area contributed by atoms with Crippen molar-refractivity contribution in [2.45, 2.75) is 13.8 Å². The molecule has 0 amide bonds. The fraction of sp³-hybridized carbons (Fsp3) is 0.0400. The third kappa shape index (κ3) is 6.59. The van der Waals surface area contributed by atoms with Crippen molar-refractivity contribution >= 4 is 60.3 Å². The monoisotopic (exact) mass is 700 g/mol. The summed E-state index contributed by atoms with van der Waals surface area (Å²) in [7, 11) is 0. The average molecular weight is 701 g/mol. The average Bonchev–Trinajstić information content (AvgIpc) is 3.73. The quantitative estimate of drug-likeness (QED) is 0.129. The van der Waals surface area contributed by atoms with Gasteiger partial charge in [-0.2, -0.15) is 0 Å². The van der Waals surface area contributed by atoms with Crippen molar-refractivity contribution < 1.29 is 0 Å². The summed E-state index contributed by atoms with van der Waals surface area (Å²) in [6.45, 7) is 8.73. The Labute approximate surface area is 315 Å². The highest BCUT2D eigenvalue weighted by Crippen LogP contribution is 2.43. The lowest BCUT2D eigenvalue weighted by Crippen LogP contribution is -2.20. The molecule has 2 aromatic heterocycles. The predicted molar refractivity (Wildman–Crippen MR) is 232 cm³/mol. The second-order valence-corrected chi connectivity index (χ2v) is 14.0. The van der Waals surface area contributed by atoms with Gasteiger partial charge < -0.3 is 9.47 Å². The molecular formula is C50H40N2S. The first-order valence-electron chi connectivity index (χ1n) is 18.0. The summed E-state index contributed by atoms with van der Waals surface area (Å²) < 4.78 is 4.99. The second-order valence-electron chi connectivity index (χ2n) is 13.0. The number of hydrogen-bond acceptors (Lipinski definition) is 2. The number of thiophene rings is 1. The molecule has 0 atom stereocenters. The molecule has 6 aromatic carbocycles. The van der Waals surface area contributed by atoms with Crippen LogP contribution in [0.5, 0.6) is 0 Å². The van der Waals surface area contributed by atoms with Gasteiger partial charge in [-0.3, -0.25) is 0 Å². The summed E-state index contributed by atoms with van der Waals surface area (Å²) in [5, 5.41) is 3.83. The lowest BCUT2D eigenvalue weighted by atomic mass is 10.0. The molecule has 0 aliphatic rings. The summed E-state index contributed by atoms with van der Waals surface area (Å²) in [5.41, 5.74) is 11.3. The fourth-order valence-corrected chi connectivity index (χ4v) is 8.49. The number of anilines is 1. The van der Waals surface area contributed by atoms with Crippen LogP contribution in [0, 0.1) is 6.92 Å². The summed E-state index contributed by atoms with van der Waals surface area (Å²) in [5.74, 6) is 0. The van der Waals surface area contributed by atoms with E-state index in [1.807, 2.05) is 23.5 Å². The van der Waals surface area contributed by atoms with E-state index in [9.17, 15) is 0 Å². The van der Waals surface area contributed by atoms with E-state index in [1.54, 1.807) is 0 Å². The minimum atomic E-state index is 0.975. The number of nitrogens with zero attached hydrogens (tertiary/aromatic N) is 2. The maximum Gasteiger partial charge on any atom is 0.0552 e. The van der Waals surface area contributed by atoms with Crippen molar-refractivity contribution in [1.82, 2.24) is 4.57 Å². The van der Waals surface area contributed by atoms with Crippen LogP contribution in [0.1, 0.15) is 23.7 Å². The Morgan fingerprint density at radius 1 is 0.679 bits per heavy atom. The van der Waals surface area contributed by atoms with Crippen molar-refractivity contribution in [1.29, 1.82) is 0 Å². The summed E-state index contributed by atoms with van der Waals surface area (Å²) in [6.07, 6.45) is 15.0. The summed E-state index contributed by atoms with van der Waals surface area (Å²) >= 11 is 1.87. The number of para-hydroxylation sites is 1. The van der Waals surface area contributed by atoms with Gasteiger partial charge in [-0.05, 0) is 91.2 Å². The van der Waals surface area contributed by atoms with Crippen molar-refractivity contribution in [3.63, 3.8) is 0 Å². The van der Waals surface area contributed by atoms with Crippen molar-refractivity contribution in [2.75, 3.05) is 4.90 Å². The van der Waals surface area contributed by atoms with Crippen LogP contribution >= 0.6 is 11.3 Å². The fourth-order valence-electron chi connectivity index (χ4n) is 7.23. The zero-order valence-electron chi connectivity index (χ0n) is 30.0. The van der Waals surface area contributed by atoms with E-state index in [0.29, 0.717) is 0 Å². The maximum atomic E-state index is 4.43. The second kappa shape index (κ2) is 15.1. The predicted octanol–water partition coefficient (Wildman–Crippen LogP) is 14.2. The molecule has 0 spiro atoms. The molecule has 0 unspecified atom stereocenters. The minimum Gasteiger partial charge on any atom is -0.313 e. The topological polar surface area (TPSA) is 8.17 Å². The van der Waals surface area contributed by atoms with Crippen LogP contribution < -0.4 is 4.90 Å². The van der Waals surface area contributed by atoms with E-state index in [1.165, 1.54) is 53.5 Å². The van der Waals surface area contributed by atoms with E-state index in [0.717, 1.165) is 28.3 Å². The van der Waals surface area contributed by atoms with Gasteiger partial charge in [0.15, 0.2) is 0 Å². The van der Waals surface area contributed by atoms with Crippen molar-refractivity contribution in [3.8, 4) is 16.8 Å². The molecule has 0 N–H and O–H groups in total. The van der Waals surface area contributed by atoms with Gasteiger partial charge in [0.25, 0.3) is 0 Å². The standard InChI is InChI=1S/C50H40N2S/c1-4-18-41(26-17-21-37-19-9-6-10-20-37)52(43-31-29-39(30-32-43)38-22-11-7-12-23-38)40(5-2)35-46-36(3)51(42-24-13-8-14-25-42)47-34-33-45-44-27-15-16-28-48(44)53-50(45)49(46)47/h4-35H,2H2,1,3H3/b18-4-,21-17+,40-35+,41-26+. The van der Waals surface area contributed by atoms with Crippen LogP contribution in [0.3, 0.4) is 0 Å². The van der Waals surface area contributed by atoms with E-state index in [4.69, 9.17) is 0 Å². The van der Waals surface area contributed by atoms with Crippen molar-refractivity contribution in [3.05, 3.63) is 217 Å². The third-order valence-corrected chi connectivity index (χ3v) is 10.9. The van der Waals surface area contributed by atoms with Gasteiger partial charge in [0, 0.05) is 59.6 Å². The highest BCUT2D eigenvalue weighted by molar-refractivity contribution is 7.26. The third-order valence-electron chi connectivity index (χ3n) is 9.72. The van der Waals surface area contributed by atoms with Gasteiger partial charge in [0.05, 0.1) is 5.52 Å². The highest BCUT2D eigenvalue weighted by Gasteiger charge is 2.21. The Morgan fingerprint density at radius 2 is 1.34 bits per heavy atom. The Kier molecular flexibility index (Phi) is 9.57. The first-order valence-corrected chi connectivity index (χ1v) is 18.8. The van der Waals surface area contributed by atoms with Gasteiger partial charge in [-0.15, -0.1) is 11.3 Å². The number of benzene rings is 6. The molecule has 256 valence electrons. The Morgan fingerprint density at radius 3 is 2.06 bits per heavy atom. The van der Waals surface area contributed by atoms with Crippen LogP contribution in [0.25, 0.3) is 60.0 Å². The number of hydrogen-bond donors (Lipinski definition) is 0. The van der Waals surface area contributed by atoms with Crippen LogP contribution in [0.4, 0.5) is 5.69 Å². The number of rotatable bonds is 10. The molecule has 0 saturated carbocycles. The van der Waals surface area contributed by atoms with E-state index >= 15 is 0 Å². The van der Waals surface area contributed by atoms with Gasteiger partial charge in [0.1, 0.15) is 0 Å². The van der Waals surface area contributed by atoms with Crippen molar-refractivity contribution in [2.24, 2.45) is 0 Å². The molecule has 3 heteroatoms. The van der Waals surface area contributed by atoms with Gasteiger partial charge in [-0.1, -0.05) is 140 Å². The molecule has 0 radical (unpaired) electrons. The van der Waals surface area contributed by atoms with Gasteiger partial charge >= 0.3 is 0 Å². The Hall–Kier alpha value is -6.42. The first kappa shape index (κ1) is 33.7. The van der Waals surface area contributed by atoms with E-state index < -0.39 is 0 Å². The molecular weight excluding hydrogens is 661 g/mol. The molecule has 0 fully saturated rings. The van der Waals surface area contributed by atoms with Gasteiger partial charge in [0.2, 0.25) is 0 Å². The lowest BCUT2D eigenvalue weighted by molar-refractivity contribution is 1.05. The van der Waals surface area contributed by atoms with Crippen LogP contribution in [-0.2, 0) is 0 Å². The van der Waals surface area contributed by atoms with E-state index in [2.05, 4.69) is 212 Å². The molecule has 0 bridgehead atoms. The lowest BCUT2D eigenvalue weighted by Gasteiger charge is -2.27. The normalized spacial score (nSPS) is 12.5. The molecule has 2 nitrogen and oxygen atoms in total. The highest BCUT2D eigenvalue weighted by atomic mass is 32.1. The van der Waals surface area contributed by atoms with Crippen LogP contribution in [-0.4, -0.2) is 4.57 Å². The maximum absolute atomic E-state index is 4.43. The Balaban J connectivity index is 1.37. The zero-order chi connectivity index (χ0) is 36.1. The van der Waals surface area contributed by atoms with Crippen LogP contribution in [0.15, 0.2) is 200 Å². The SMILES string of the molecule is C=C/C(=C\c1c(C)n(-c2ccccc2)c2ccc3c4ccccc4sc3c12)N(C(/C=C\C)=C/C=C/c1ccccc1)c1ccc(-c2ccccc2)cc1. The largest absolute Gasteiger partial charge is 0.313 e. The Bertz CT molecular complexity index is 2670. The number of allylic oxidation sites excluding steroid dienone is 5. The molecule has 53 heavy (non-hydrogen) atoms. The molecule has 0 aliphatic heterocycles. The molecule has 0 saturated heterocycles. The van der Waals surface area contributed by atoms with E-state index in [-0.39, 0.29) is 0 Å². The first-order chi connectivity index (χ1) is 26.1. The number of fused-ring (bicyclic) bond motifs is 5. The summed E-state index contributed by atoms with van der Waals surface area (Å²) in [4.78, 5) is 2.31. The molecule has 0 aliphatic carbocycles.